The summed E-state index contributed by atoms with van der Waals surface area (Å²) in [6.07, 6.45) is 3.05. The molecule has 1 heterocycles. The number of piperidine rings is 1. The van der Waals surface area contributed by atoms with Gasteiger partial charge in [0.05, 0.1) is 12.1 Å². The lowest BCUT2D eigenvalue weighted by Gasteiger charge is -2.31. The Labute approximate surface area is 123 Å². The van der Waals surface area contributed by atoms with E-state index in [0.717, 1.165) is 48.4 Å². The smallest absolute Gasteiger partial charge is 0.317 e. The molecule has 2 aliphatic rings. The largest absolute Gasteiger partial charge is 0.391 e. The number of hydrogen-bond donors (Lipinski definition) is 2. The minimum absolute atomic E-state index is 0.0373. The number of benzene rings is 1. The third-order valence-electron chi connectivity index (χ3n) is 4.19. The molecule has 2 atom stereocenters. The molecule has 0 bridgehead atoms. The predicted octanol–water partition coefficient (Wildman–Crippen LogP) is 2.49. The number of rotatable bonds is 1. The minimum Gasteiger partial charge on any atom is -0.391 e. The fourth-order valence-electron chi connectivity index (χ4n) is 3.14. The summed E-state index contributed by atoms with van der Waals surface area (Å²) in [5, 5.41) is 13.5. The number of nitrogens with one attached hydrogen (secondary N) is 1. The molecule has 0 saturated carbocycles. The van der Waals surface area contributed by atoms with Crippen molar-refractivity contribution >= 4 is 17.6 Å². The summed E-state index contributed by atoms with van der Waals surface area (Å²) in [5.74, 6) is 0. The molecule has 1 aliphatic carbocycles. The number of nitrogens with zero attached hydrogens (tertiary/aromatic N) is 1. The fraction of sp³-hybridized carbons (Fsp3) is 0.533. The van der Waals surface area contributed by atoms with Gasteiger partial charge in [0.1, 0.15) is 0 Å². The summed E-state index contributed by atoms with van der Waals surface area (Å²) in [5.41, 5.74) is 2.28. The Morgan fingerprint density at radius 2 is 2.25 bits per heavy atom. The topological polar surface area (TPSA) is 52.6 Å². The van der Waals surface area contributed by atoms with Crippen LogP contribution in [0.25, 0.3) is 0 Å². The molecule has 2 amide bonds. The first kappa shape index (κ1) is 13.7. The highest BCUT2D eigenvalue weighted by Gasteiger charge is 2.28. The van der Waals surface area contributed by atoms with Gasteiger partial charge >= 0.3 is 6.03 Å². The quantitative estimate of drug-likeness (QED) is 0.836. The number of fused-ring (bicyclic) bond motifs is 1. The van der Waals surface area contributed by atoms with E-state index in [4.69, 9.17) is 11.6 Å². The maximum absolute atomic E-state index is 12.3. The Balaban J connectivity index is 1.68. The SMILES string of the molecule is O=C(NC1CCc2c(Cl)cccc21)N1CCCC(O)C1. The lowest BCUT2D eigenvalue weighted by Crippen LogP contribution is -2.47. The second kappa shape index (κ2) is 5.62. The Hall–Kier alpha value is -1.26. The van der Waals surface area contributed by atoms with Gasteiger partial charge in [-0.15, -0.1) is 0 Å². The zero-order valence-electron chi connectivity index (χ0n) is 11.3. The Morgan fingerprint density at radius 3 is 3.05 bits per heavy atom. The number of aliphatic hydroxyl groups excluding tert-OH is 1. The zero-order valence-corrected chi connectivity index (χ0v) is 12.1. The lowest BCUT2D eigenvalue weighted by molar-refractivity contribution is 0.0833. The van der Waals surface area contributed by atoms with Crippen LogP contribution in [-0.2, 0) is 6.42 Å². The maximum atomic E-state index is 12.3. The molecule has 0 radical (unpaired) electrons. The van der Waals surface area contributed by atoms with E-state index >= 15 is 0 Å². The molecule has 2 unspecified atom stereocenters. The van der Waals surface area contributed by atoms with Crippen LogP contribution >= 0.6 is 11.6 Å². The molecule has 3 rings (SSSR count). The molecule has 1 aromatic carbocycles. The number of urea groups is 1. The number of aliphatic hydroxyl groups is 1. The maximum Gasteiger partial charge on any atom is 0.317 e. The van der Waals surface area contributed by atoms with E-state index in [2.05, 4.69) is 5.32 Å². The molecule has 20 heavy (non-hydrogen) atoms. The number of carbonyl (C=O) groups excluding carboxylic acids is 1. The molecular formula is C15H19ClN2O2. The second-order valence-electron chi connectivity index (χ2n) is 5.59. The molecule has 2 N–H and O–H groups in total. The Bertz CT molecular complexity index is 521. The van der Waals surface area contributed by atoms with E-state index in [0.29, 0.717) is 6.54 Å². The van der Waals surface area contributed by atoms with Crippen LogP contribution in [0.2, 0.25) is 5.02 Å². The molecule has 1 aromatic rings. The van der Waals surface area contributed by atoms with Crippen LogP contribution in [0.5, 0.6) is 0 Å². The molecule has 1 fully saturated rings. The molecule has 1 saturated heterocycles. The van der Waals surface area contributed by atoms with E-state index in [-0.39, 0.29) is 18.2 Å². The van der Waals surface area contributed by atoms with E-state index in [1.165, 1.54) is 0 Å². The zero-order chi connectivity index (χ0) is 14.1. The van der Waals surface area contributed by atoms with Crippen LogP contribution in [0.1, 0.15) is 36.4 Å². The van der Waals surface area contributed by atoms with Crippen molar-refractivity contribution in [2.45, 2.75) is 37.8 Å². The molecule has 5 heteroatoms. The van der Waals surface area contributed by atoms with Crippen LogP contribution < -0.4 is 5.32 Å². The fourth-order valence-corrected chi connectivity index (χ4v) is 3.42. The highest BCUT2D eigenvalue weighted by atomic mass is 35.5. The monoisotopic (exact) mass is 294 g/mol. The van der Waals surface area contributed by atoms with Crippen LogP contribution in [0.15, 0.2) is 18.2 Å². The van der Waals surface area contributed by atoms with E-state index in [1.807, 2.05) is 18.2 Å². The number of β-amino-alcohol motifs (C(OH)–C–C–N with tert-alkyl or cyclic N) is 1. The standard InChI is InChI=1S/C15H19ClN2O2/c16-13-5-1-4-12-11(13)6-7-14(12)17-15(20)18-8-2-3-10(19)9-18/h1,4-5,10,14,19H,2-3,6-9H2,(H,17,20). The first-order valence-corrected chi connectivity index (χ1v) is 7.53. The summed E-state index contributed by atoms with van der Waals surface area (Å²) in [7, 11) is 0. The van der Waals surface area contributed by atoms with Gasteiger partial charge < -0.3 is 15.3 Å². The van der Waals surface area contributed by atoms with Gasteiger partial charge in [0.2, 0.25) is 0 Å². The van der Waals surface area contributed by atoms with Crippen molar-refractivity contribution in [3.8, 4) is 0 Å². The summed E-state index contributed by atoms with van der Waals surface area (Å²) < 4.78 is 0. The van der Waals surface area contributed by atoms with Gasteiger partial charge in [-0.3, -0.25) is 0 Å². The van der Waals surface area contributed by atoms with Crippen molar-refractivity contribution in [2.75, 3.05) is 13.1 Å². The molecule has 108 valence electrons. The first-order valence-electron chi connectivity index (χ1n) is 7.16. The summed E-state index contributed by atoms with van der Waals surface area (Å²) in [6, 6.07) is 5.81. The van der Waals surface area contributed by atoms with Gasteiger partial charge in [-0.1, -0.05) is 23.7 Å². The van der Waals surface area contributed by atoms with Gasteiger partial charge in [0.25, 0.3) is 0 Å². The van der Waals surface area contributed by atoms with Gasteiger partial charge in [-0.2, -0.15) is 0 Å². The third-order valence-corrected chi connectivity index (χ3v) is 4.55. The van der Waals surface area contributed by atoms with Crippen molar-refractivity contribution in [2.24, 2.45) is 0 Å². The molecule has 0 spiro atoms. The van der Waals surface area contributed by atoms with E-state index in [9.17, 15) is 9.90 Å². The number of amides is 2. The molecular weight excluding hydrogens is 276 g/mol. The van der Waals surface area contributed by atoms with Crippen LogP contribution in [0, 0.1) is 0 Å². The van der Waals surface area contributed by atoms with Gasteiger partial charge in [0.15, 0.2) is 0 Å². The summed E-state index contributed by atoms with van der Waals surface area (Å²) in [4.78, 5) is 14.0. The molecule has 4 nitrogen and oxygen atoms in total. The van der Waals surface area contributed by atoms with Crippen LogP contribution in [-0.4, -0.2) is 35.2 Å². The average Bonchev–Trinajstić information content (AvgIpc) is 2.83. The molecule has 0 aromatic heterocycles. The van der Waals surface area contributed by atoms with Gasteiger partial charge in [0, 0.05) is 18.1 Å². The van der Waals surface area contributed by atoms with E-state index < -0.39 is 0 Å². The highest BCUT2D eigenvalue weighted by molar-refractivity contribution is 6.31. The van der Waals surface area contributed by atoms with Gasteiger partial charge in [-0.05, 0) is 42.9 Å². The number of likely N-dealkylation sites (tertiary alicyclic amines) is 1. The van der Waals surface area contributed by atoms with Crippen molar-refractivity contribution < 1.29 is 9.90 Å². The summed E-state index contributed by atoms with van der Waals surface area (Å²) >= 11 is 6.18. The predicted molar refractivity (Wildman–Crippen MR) is 77.9 cm³/mol. The normalized spacial score (nSPS) is 25.4. The number of halogens is 1. The third kappa shape index (κ3) is 2.63. The second-order valence-corrected chi connectivity index (χ2v) is 6.00. The number of carbonyl (C=O) groups is 1. The van der Waals surface area contributed by atoms with Crippen molar-refractivity contribution in [1.82, 2.24) is 10.2 Å². The van der Waals surface area contributed by atoms with Gasteiger partial charge in [-0.25, -0.2) is 4.79 Å². The Morgan fingerprint density at radius 1 is 1.40 bits per heavy atom. The summed E-state index contributed by atoms with van der Waals surface area (Å²) in [6.45, 7) is 1.15. The highest BCUT2D eigenvalue weighted by Crippen LogP contribution is 2.35. The van der Waals surface area contributed by atoms with Crippen molar-refractivity contribution in [3.63, 3.8) is 0 Å². The van der Waals surface area contributed by atoms with Crippen LogP contribution in [0.4, 0.5) is 4.79 Å². The minimum atomic E-state index is -0.389. The van der Waals surface area contributed by atoms with E-state index in [1.54, 1.807) is 4.90 Å². The van der Waals surface area contributed by atoms with Crippen molar-refractivity contribution in [3.05, 3.63) is 34.3 Å². The number of hydrogen-bond acceptors (Lipinski definition) is 2. The molecule has 1 aliphatic heterocycles. The average molecular weight is 295 g/mol. The lowest BCUT2D eigenvalue weighted by atomic mass is 10.1. The van der Waals surface area contributed by atoms with Crippen LogP contribution in [0.3, 0.4) is 0 Å². The Kier molecular flexibility index (Phi) is 3.85. The van der Waals surface area contributed by atoms with Crippen molar-refractivity contribution in [1.29, 1.82) is 0 Å². The first-order chi connectivity index (χ1) is 9.65.